The number of ether oxygens (including phenoxy) is 1. The number of halogens is 3. The molecule has 30 heavy (non-hydrogen) atoms. The molecule has 0 bridgehead atoms. The molecule has 0 aliphatic carbocycles. The van der Waals surface area contributed by atoms with Gasteiger partial charge < -0.3 is 20.7 Å². The third-order valence-electron chi connectivity index (χ3n) is 4.81. The van der Waals surface area contributed by atoms with Crippen LogP contribution in [0, 0.1) is 5.82 Å². The number of carbonyl (C=O) groups excluding carboxylic acids is 1. The molecule has 3 rings (SSSR count). The first-order valence-corrected chi connectivity index (χ1v) is 9.51. The van der Waals surface area contributed by atoms with E-state index in [2.05, 4.69) is 25.7 Å². The van der Waals surface area contributed by atoms with Crippen LogP contribution in [0.1, 0.15) is 24.6 Å². The second-order valence-corrected chi connectivity index (χ2v) is 6.89. The van der Waals surface area contributed by atoms with Crippen molar-refractivity contribution in [1.29, 1.82) is 0 Å². The van der Waals surface area contributed by atoms with Gasteiger partial charge >= 0.3 is 6.61 Å². The molecule has 2 aromatic rings. The maximum absolute atomic E-state index is 13.9. The molecule has 160 valence electrons. The molecule has 0 saturated carbocycles. The lowest BCUT2D eigenvalue weighted by Crippen LogP contribution is -2.41. The van der Waals surface area contributed by atoms with Gasteiger partial charge in [-0.2, -0.15) is 8.78 Å². The van der Waals surface area contributed by atoms with Crippen LogP contribution in [-0.4, -0.2) is 37.1 Å². The van der Waals surface area contributed by atoms with Crippen LogP contribution in [0.2, 0.25) is 0 Å². The number of anilines is 1. The summed E-state index contributed by atoms with van der Waals surface area (Å²) in [6.45, 7) is -0.622. The molecule has 1 atom stereocenters. The Labute approximate surface area is 172 Å². The first kappa shape index (κ1) is 21.6. The number of hydrogen-bond donors (Lipinski definition) is 3. The molecule has 0 spiro atoms. The van der Waals surface area contributed by atoms with Gasteiger partial charge in [-0.25, -0.2) is 4.39 Å². The molecule has 9 heteroatoms. The first-order chi connectivity index (χ1) is 14.4. The number of amides is 1. The summed E-state index contributed by atoms with van der Waals surface area (Å²) < 4.78 is 42.6. The van der Waals surface area contributed by atoms with Crippen molar-refractivity contribution in [2.24, 2.45) is 0 Å². The van der Waals surface area contributed by atoms with Crippen molar-refractivity contribution in [3.63, 3.8) is 0 Å². The van der Waals surface area contributed by atoms with Gasteiger partial charge in [0.1, 0.15) is 0 Å². The average molecular weight is 420 g/mol. The Morgan fingerprint density at radius 3 is 2.77 bits per heavy atom. The Balaban J connectivity index is 1.78. The summed E-state index contributed by atoms with van der Waals surface area (Å²) in [5.41, 5.74) is 3.46. The number of nitrogens with one attached hydrogen (secondary N) is 3. The molecule has 6 nitrogen and oxygen atoms in total. The summed E-state index contributed by atoms with van der Waals surface area (Å²) in [4.78, 5) is 16.6. The molecule has 0 radical (unpaired) electrons. The number of nitrogens with zero attached hydrogens (tertiary/aromatic N) is 1. The molecular formula is C21H23F3N4O2. The quantitative estimate of drug-likeness (QED) is 0.612. The van der Waals surface area contributed by atoms with Crippen LogP contribution in [0.3, 0.4) is 0 Å². The Kier molecular flexibility index (Phi) is 6.94. The maximum atomic E-state index is 13.9. The van der Waals surface area contributed by atoms with Crippen molar-refractivity contribution in [2.45, 2.75) is 32.4 Å². The number of carbonyl (C=O) groups is 1. The number of aromatic nitrogens is 1. The molecule has 1 aliphatic heterocycles. The molecule has 0 fully saturated rings. The van der Waals surface area contributed by atoms with Crippen molar-refractivity contribution < 1.29 is 22.7 Å². The summed E-state index contributed by atoms with van der Waals surface area (Å²) in [6, 6.07) is 7.32. The normalized spacial score (nSPS) is 15.2. The predicted molar refractivity (Wildman–Crippen MR) is 107 cm³/mol. The molecule has 2 heterocycles. The van der Waals surface area contributed by atoms with Crippen LogP contribution in [0.15, 0.2) is 47.8 Å². The van der Waals surface area contributed by atoms with Crippen LogP contribution >= 0.6 is 0 Å². The number of likely N-dealkylation sites (N-methyl/N-ethyl adjacent to an activating group) is 1. The second kappa shape index (κ2) is 9.62. The molecule has 1 aliphatic rings. The highest BCUT2D eigenvalue weighted by Crippen LogP contribution is 2.24. The van der Waals surface area contributed by atoms with Gasteiger partial charge in [-0.15, -0.1) is 0 Å². The van der Waals surface area contributed by atoms with Crippen LogP contribution in [0.25, 0.3) is 0 Å². The van der Waals surface area contributed by atoms with E-state index in [4.69, 9.17) is 0 Å². The Bertz CT molecular complexity index is 950. The Morgan fingerprint density at radius 1 is 1.27 bits per heavy atom. The maximum Gasteiger partial charge on any atom is 0.387 e. The summed E-state index contributed by atoms with van der Waals surface area (Å²) in [7, 11) is 1.79. The standard InChI is InChI=1S/C21H23F3N4O2/c1-12(25-2)19-17(6-8-27-20(19)29)28-14-5-7-26-15(11-14)9-13-3-4-18(16(22)10-13)30-21(23)24/h3-5,7,10-12,21,25H,6,8-9H2,1-2H3,(H,26,28)(H,27,29). The van der Waals surface area contributed by atoms with Crippen LogP contribution < -0.4 is 20.7 Å². The molecule has 0 saturated heterocycles. The lowest BCUT2D eigenvalue weighted by Gasteiger charge is -2.25. The molecule has 1 unspecified atom stereocenters. The minimum absolute atomic E-state index is 0.110. The fourth-order valence-electron chi connectivity index (χ4n) is 3.28. The molecule has 1 amide bonds. The number of rotatable bonds is 8. The highest BCUT2D eigenvalue weighted by Gasteiger charge is 2.24. The third-order valence-corrected chi connectivity index (χ3v) is 4.81. The van der Waals surface area contributed by atoms with Gasteiger partial charge in [0.05, 0.1) is 5.57 Å². The SMILES string of the molecule is CNC(C)C1=C(Nc2ccnc(Cc3ccc(OC(F)F)c(F)c3)c2)CCNC1=O. The fourth-order valence-corrected chi connectivity index (χ4v) is 3.28. The zero-order valence-corrected chi connectivity index (χ0v) is 16.6. The smallest absolute Gasteiger partial charge is 0.387 e. The van der Waals surface area contributed by atoms with Gasteiger partial charge in [-0.05, 0) is 43.8 Å². The summed E-state index contributed by atoms with van der Waals surface area (Å²) in [5, 5.41) is 9.24. The van der Waals surface area contributed by atoms with Crippen molar-refractivity contribution >= 4 is 11.6 Å². The van der Waals surface area contributed by atoms with Gasteiger partial charge in [0, 0.05) is 48.7 Å². The van der Waals surface area contributed by atoms with Crippen molar-refractivity contribution in [3.8, 4) is 5.75 Å². The number of pyridine rings is 1. The van der Waals surface area contributed by atoms with E-state index < -0.39 is 18.2 Å². The van der Waals surface area contributed by atoms with Gasteiger partial charge in [0.25, 0.3) is 5.91 Å². The van der Waals surface area contributed by atoms with E-state index in [0.717, 1.165) is 17.5 Å². The Morgan fingerprint density at radius 2 is 2.07 bits per heavy atom. The lowest BCUT2D eigenvalue weighted by atomic mass is 10.00. The van der Waals surface area contributed by atoms with Gasteiger partial charge in [-0.3, -0.25) is 9.78 Å². The molecule has 3 N–H and O–H groups in total. The van der Waals surface area contributed by atoms with Crippen molar-refractivity contribution in [1.82, 2.24) is 15.6 Å². The van der Waals surface area contributed by atoms with Crippen LogP contribution in [0.5, 0.6) is 5.75 Å². The average Bonchev–Trinajstić information content (AvgIpc) is 2.70. The van der Waals surface area contributed by atoms with E-state index in [1.54, 1.807) is 19.3 Å². The predicted octanol–water partition coefficient (Wildman–Crippen LogP) is 3.21. The van der Waals surface area contributed by atoms with E-state index in [0.29, 0.717) is 36.2 Å². The monoisotopic (exact) mass is 420 g/mol. The van der Waals surface area contributed by atoms with E-state index in [1.807, 2.05) is 13.0 Å². The minimum Gasteiger partial charge on any atom is -0.432 e. The van der Waals surface area contributed by atoms with Gasteiger partial charge in [0.2, 0.25) is 0 Å². The summed E-state index contributed by atoms with van der Waals surface area (Å²) in [5.74, 6) is -1.46. The largest absolute Gasteiger partial charge is 0.432 e. The Hall–Kier alpha value is -3.07. The van der Waals surface area contributed by atoms with Crippen LogP contribution in [-0.2, 0) is 11.2 Å². The number of hydrogen-bond acceptors (Lipinski definition) is 5. The van der Waals surface area contributed by atoms with E-state index >= 15 is 0 Å². The van der Waals surface area contributed by atoms with E-state index in [1.165, 1.54) is 12.1 Å². The second-order valence-electron chi connectivity index (χ2n) is 6.89. The summed E-state index contributed by atoms with van der Waals surface area (Å²) in [6.07, 6.45) is 2.59. The number of benzene rings is 1. The molecule has 1 aromatic carbocycles. The highest BCUT2D eigenvalue weighted by molar-refractivity contribution is 5.96. The topological polar surface area (TPSA) is 75.3 Å². The zero-order valence-electron chi connectivity index (χ0n) is 16.6. The minimum atomic E-state index is -3.08. The zero-order chi connectivity index (χ0) is 21.7. The van der Waals surface area contributed by atoms with Crippen molar-refractivity contribution in [2.75, 3.05) is 18.9 Å². The molecule has 1 aromatic heterocycles. The third kappa shape index (κ3) is 5.29. The first-order valence-electron chi connectivity index (χ1n) is 9.51. The fraction of sp³-hybridized carbons (Fsp3) is 0.333. The number of alkyl halides is 2. The highest BCUT2D eigenvalue weighted by atomic mass is 19.3. The van der Waals surface area contributed by atoms with E-state index in [9.17, 15) is 18.0 Å². The lowest BCUT2D eigenvalue weighted by molar-refractivity contribution is -0.118. The molecular weight excluding hydrogens is 397 g/mol. The van der Waals surface area contributed by atoms with Crippen LogP contribution in [0.4, 0.5) is 18.9 Å². The van der Waals surface area contributed by atoms with Gasteiger partial charge in [-0.1, -0.05) is 6.07 Å². The summed E-state index contributed by atoms with van der Waals surface area (Å²) >= 11 is 0. The van der Waals surface area contributed by atoms with Gasteiger partial charge in [0.15, 0.2) is 11.6 Å². The van der Waals surface area contributed by atoms with Crippen molar-refractivity contribution in [3.05, 3.63) is 64.9 Å². The van der Waals surface area contributed by atoms with E-state index in [-0.39, 0.29) is 11.9 Å².